The Balaban J connectivity index is 2.77. The molecular weight excluding hydrogens is 234 g/mol. The largest absolute Gasteiger partial charge is 0.488 e. The van der Waals surface area contributed by atoms with Crippen molar-refractivity contribution in [3.63, 3.8) is 0 Å². The highest BCUT2D eigenvalue weighted by Crippen LogP contribution is 2.18. The van der Waals surface area contributed by atoms with Crippen molar-refractivity contribution in [2.75, 3.05) is 19.2 Å². The summed E-state index contributed by atoms with van der Waals surface area (Å²) in [6, 6.07) is 4.24. The lowest BCUT2D eigenvalue weighted by Crippen LogP contribution is -2.00. The summed E-state index contributed by atoms with van der Waals surface area (Å²) in [6.07, 6.45) is 0.569. The maximum atomic E-state index is 13.2. The monoisotopic (exact) mass is 244 g/mol. The first-order valence-corrected chi connectivity index (χ1v) is 5.34. The van der Waals surface area contributed by atoms with Crippen LogP contribution in [0.5, 0.6) is 5.75 Å². The summed E-state index contributed by atoms with van der Waals surface area (Å²) >= 11 is 5.46. The van der Waals surface area contributed by atoms with Crippen LogP contribution in [-0.4, -0.2) is 19.2 Å². The van der Waals surface area contributed by atoms with Crippen molar-refractivity contribution in [3.8, 4) is 17.6 Å². The first kappa shape index (κ1) is 12.8. The number of hydrogen-bond donors (Lipinski definition) is 0. The lowest BCUT2D eigenvalue weighted by molar-refractivity contribution is 0.262. The predicted octanol–water partition coefficient (Wildman–Crippen LogP) is 3.15. The van der Waals surface area contributed by atoms with Crippen LogP contribution in [-0.2, 0) is 0 Å². The average molecular weight is 245 g/mol. The van der Waals surface area contributed by atoms with Crippen molar-refractivity contribution in [1.29, 1.82) is 0 Å². The van der Waals surface area contributed by atoms with Crippen LogP contribution in [0.15, 0.2) is 18.2 Å². The van der Waals surface area contributed by atoms with Crippen LogP contribution in [0.4, 0.5) is 8.78 Å². The number of benzene rings is 1. The van der Waals surface area contributed by atoms with Gasteiger partial charge in [-0.2, -0.15) is 0 Å². The molecule has 0 saturated carbocycles. The molecule has 1 aromatic carbocycles. The number of alkyl halides is 2. The van der Waals surface area contributed by atoms with Crippen LogP contribution in [0.1, 0.15) is 12.0 Å². The fourth-order valence-corrected chi connectivity index (χ4v) is 1.15. The summed E-state index contributed by atoms with van der Waals surface area (Å²) in [6.45, 7) is -0.808. The third-order valence-electron chi connectivity index (χ3n) is 1.72. The molecule has 0 fully saturated rings. The Morgan fingerprint density at radius 1 is 1.38 bits per heavy atom. The predicted molar refractivity (Wildman–Crippen MR) is 60.1 cm³/mol. The highest BCUT2D eigenvalue weighted by Gasteiger charge is 2.03. The molecule has 0 spiro atoms. The molecule has 16 heavy (non-hydrogen) atoms. The van der Waals surface area contributed by atoms with E-state index < -0.39 is 12.5 Å². The normalized spacial score (nSPS) is 9.44. The summed E-state index contributed by atoms with van der Waals surface area (Å²) in [4.78, 5) is 0. The fourth-order valence-electron chi connectivity index (χ4n) is 1.05. The molecular formula is C12H11ClF2O. The molecule has 0 saturated heterocycles. The molecule has 1 rings (SSSR count). The Bertz CT molecular complexity index is 396. The Labute approximate surface area is 98.4 Å². The zero-order valence-corrected chi connectivity index (χ0v) is 9.36. The lowest BCUT2D eigenvalue weighted by Gasteiger charge is -2.04. The highest BCUT2D eigenvalue weighted by molar-refractivity contribution is 6.18. The van der Waals surface area contributed by atoms with Gasteiger partial charge >= 0.3 is 0 Å². The van der Waals surface area contributed by atoms with Gasteiger partial charge in [-0.3, -0.25) is 0 Å². The fraction of sp³-hybridized carbons (Fsp3) is 0.333. The second kappa shape index (κ2) is 7.08. The van der Waals surface area contributed by atoms with E-state index in [1.165, 1.54) is 12.1 Å². The first-order valence-electron chi connectivity index (χ1n) is 4.81. The molecule has 1 nitrogen and oxygen atoms in total. The van der Waals surface area contributed by atoms with Crippen molar-refractivity contribution in [1.82, 2.24) is 0 Å². The van der Waals surface area contributed by atoms with E-state index in [1.54, 1.807) is 6.07 Å². The molecule has 0 bridgehead atoms. The van der Waals surface area contributed by atoms with Crippen LogP contribution < -0.4 is 4.74 Å². The third-order valence-corrected chi connectivity index (χ3v) is 1.91. The van der Waals surface area contributed by atoms with Crippen LogP contribution in [0, 0.1) is 17.7 Å². The van der Waals surface area contributed by atoms with Crippen molar-refractivity contribution >= 4 is 11.6 Å². The summed E-state index contributed by atoms with van der Waals surface area (Å²) in [5.74, 6) is 5.60. The smallest absolute Gasteiger partial charge is 0.165 e. The third kappa shape index (κ3) is 4.08. The summed E-state index contributed by atoms with van der Waals surface area (Å²) in [7, 11) is 0. The second-order valence-electron chi connectivity index (χ2n) is 2.92. The minimum absolute atomic E-state index is 0.0234. The number of rotatable bonds is 4. The molecule has 0 aliphatic rings. The minimum Gasteiger partial charge on any atom is -0.488 e. The van der Waals surface area contributed by atoms with Crippen molar-refractivity contribution in [2.45, 2.75) is 6.42 Å². The maximum absolute atomic E-state index is 13.2. The molecule has 0 radical (unpaired) electrons. The van der Waals surface area contributed by atoms with Gasteiger partial charge in [0, 0.05) is 17.9 Å². The zero-order chi connectivity index (χ0) is 11.8. The van der Waals surface area contributed by atoms with E-state index in [0.29, 0.717) is 17.9 Å². The van der Waals surface area contributed by atoms with Gasteiger partial charge < -0.3 is 4.74 Å². The van der Waals surface area contributed by atoms with E-state index in [9.17, 15) is 8.78 Å². The van der Waals surface area contributed by atoms with E-state index in [1.807, 2.05) is 0 Å². The minimum atomic E-state index is -0.651. The van der Waals surface area contributed by atoms with E-state index in [-0.39, 0.29) is 12.4 Å². The van der Waals surface area contributed by atoms with Gasteiger partial charge in [-0.25, -0.2) is 8.78 Å². The number of hydrogen-bond acceptors (Lipinski definition) is 1. The molecule has 0 aliphatic carbocycles. The summed E-state index contributed by atoms with van der Waals surface area (Å²) in [5.41, 5.74) is 0.625. The second-order valence-corrected chi connectivity index (χ2v) is 3.30. The molecule has 0 unspecified atom stereocenters. The van der Waals surface area contributed by atoms with E-state index in [4.69, 9.17) is 16.3 Å². The summed E-state index contributed by atoms with van der Waals surface area (Å²) in [5, 5.41) is 0. The number of ether oxygens (including phenoxy) is 1. The Kier molecular flexibility index (Phi) is 5.66. The molecule has 0 aliphatic heterocycles. The van der Waals surface area contributed by atoms with E-state index in [0.717, 1.165) is 0 Å². The highest BCUT2D eigenvalue weighted by atomic mass is 35.5. The van der Waals surface area contributed by atoms with Gasteiger partial charge in [-0.15, -0.1) is 11.6 Å². The molecule has 4 heteroatoms. The zero-order valence-electron chi connectivity index (χ0n) is 8.60. The van der Waals surface area contributed by atoms with Gasteiger partial charge in [0.05, 0.1) is 0 Å². The molecule has 0 heterocycles. The van der Waals surface area contributed by atoms with E-state index >= 15 is 0 Å². The van der Waals surface area contributed by atoms with Crippen LogP contribution in [0.2, 0.25) is 0 Å². The first-order chi connectivity index (χ1) is 7.77. The quantitative estimate of drug-likeness (QED) is 0.584. The lowest BCUT2D eigenvalue weighted by atomic mass is 10.2. The van der Waals surface area contributed by atoms with Crippen molar-refractivity contribution in [2.24, 2.45) is 0 Å². The van der Waals surface area contributed by atoms with Gasteiger partial charge in [0.1, 0.15) is 13.3 Å². The van der Waals surface area contributed by atoms with Gasteiger partial charge in [0.2, 0.25) is 0 Å². The van der Waals surface area contributed by atoms with E-state index in [2.05, 4.69) is 11.8 Å². The Morgan fingerprint density at radius 3 is 2.88 bits per heavy atom. The standard InChI is InChI=1S/C12H11ClF2O/c13-6-2-1-3-10-4-5-11(15)12(9-10)16-8-7-14/h4-5,9H,2,6-8H2. The Morgan fingerprint density at radius 2 is 2.19 bits per heavy atom. The van der Waals surface area contributed by atoms with Gasteiger partial charge in [-0.05, 0) is 18.2 Å². The SMILES string of the molecule is FCCOc1cc(C#CCCCl)ccc1F. The molecule has 0 aromatic heterocycles. The van der Waals surface area contributed by atoms with Crippen LogP contribution in [0.25, 0.3) is 0 Å². The average Bonchev–Trinajstić information content (AvgIpc) is 2.30. The van der Waals surface area contributed by atoms with Gasteiger partial charge in [-0.1, -0.05) is 11.8 Å². The molecule has 1 aromatic rings. The molecule has 86 valence electrons. The molecule has 0 N–H and O–H groups in total. The molecule has 0 atom stereocenters. The molecule has 0 amide bonds. The summed E-state index contributed by atoms with van der Waals surface area (Å²) < 4.78 is 29.9. The Hall–Kier alpha value is -1.27. The van der Waals surface area contributed by atoms with Crippen LogP contribution >= 0.6 is 11.6 Å². The van der Waals surface area contributed by atoms with Crippen molar-refractivity contribution < 1.29 is 13.5 Å². The van der Waals surface area contributed by atoms with Gasteiger partial charge in [0.15, 0.2) is 11.6 Å². The van der Waals surface area contributed by atoms with Crippen LogP contribution in [0.3, 0.4) is 0 Å². The van der Waals surface area contributed by atoms with Gasteiger partial charge in [0.25, 0.3) is 0 Å². The maximum Gasteiger partial charge on any atom is 0.165 e. The topological polar surface area (TPSA) is 9.23 Å². The van der Waals surface area contributed by atoms with Crippen molar-refractivity contribution in [3.05, 3.63) is 29.6 Å². The number of halogens is 3.